The van der Waals surface area contributed by atoms with Crippen molar-refractivity contribution in [1.82, 2.24) is 0 Å². The van der Waals surface area contributed by atoms with Gasteiger partial charge in [0.05, 0.1) is 0 Å². The molecule has 0 bridgehead atoms. The van der Waals surface area contributed by atoms with E-state index in [0.717, 1.165) is 6.92 Å². The molecule has 1 aromatic carbocycles. The summed E-state index contributed by atoms with van der Waals surface area (Å²) < 4.78 is 43.2. The van der Waals surface area contributed by atoms with Crippen LogP contribution < -0.4 is 13.9 Å². The first-order valence-electron chi connectivity index (χ1n) is 6.51. The molecule has 0 saturated carbocycles. The van der Waals surface area contributed by atoms with Crippen molar-refractivity contribution in [3.63, 3.8) is 0 Å². The quantitative estimate of drug-likeness (QED) is 0.746. The Hall–Kier alpha value is -1.30. The van der Waals surface area contributed by atoms with Crippen molar-refractivity contribution in [2.24, 2.45) is 0 Å². The number of rotatable bonds is 2. The monoisotopic (exact) mass is 302 g/mol. The van der Waals surface area contributed by atoms with Gasteiger partial charge >= 0.3 is 6.04 Å². The maximum Gasteiger partial charge on any atom is 0.404 e. The summed E-state index contributed by atoms with van der Waals surface area (Å²) >= 11 is 0. The lowest BCUT2D eigenvalue weighted by molar-refractivity contribution is -0.174. The van der Waals surface area contributed by atoms with E-state index < -0.39 is 20.2 Å². The molecule has 20 heavy (non-hydrogen) atoms. The zero-order chi connectivity index (χ0) is 15.3. The van der Waals surface area contributed by atoms with Crippen LogP contribution in [0.1, 0.15) is 27.7 Å². The van der Waals surface area contributed by atoms with Crippen LogP contribution in [0.3, 0.4) is 0 Å². The summed E-state index contributed by atoms with van der Waals surface area (Å²) in [4.78, 5) is 0. The molecule has 0 spiro atoms. The Morgan fingerprint density at radius 2 is 1.80 bits per heavy atom. The normalized spacial score (nSPS) is 22.0. The van der Waals surface area contributed by atoms with Crippen LogP contribution in [0.5, 0.6) is 17.2 Å². The summed E-state index contributed by atoms with van der Waals surface area (Å²) in [7, 11) is -2.09. The highest BCUT2D eigenvalue weighted by Gasteiger charge is 2.42. The van der Waals surface area contributed by atoms with Crippen LogP contribution in [0, 0.1) is 5.82 Å². The second kappa shape index (κ2) is 4.34. The average molecular weight is 302 g/mol. The van der Waals surface area contributed by atoms with Crippen LogP contribution in [0.4, 0.5) is 8.78 Å². The van der Waals surface area contributed by atoms with E-state index in [1.54, 1.807) is 0 Å². The molecule has 1 aliphatic heterocycles. The predicted molar refractivity (Wildman–Crippen MR) is 75.0 cm³/mol. The number of halogens is 2. The van der Waals surface area contributed by atoms with Gasteiger partial charge in [-0.25, -0.2) is 4.39 Å². The third kappa shape index (κ3) is 2.75. The Morgan fingerprint density at radius 1 is 1.20 bits per heavy atom. The van der Waals surface area contributed by atoms with E-state index in [-0.39, 0.29) is 16.5 Å². The summed E-state index contributed by atoms with van der Waals surface area (Å²) in [5.74, 6) is -0.520. The molecule has 0 saturated heterocycles. The van der Waals surface area contributed by atoms with Gasteiger partial charge in [0.2, 0.25) is 14.1 Å². The molecule has 0 amide bonds. The van der Waals surface area contributed by atoms with Crippen molar-refractivity contribution >= 4 is 8.32 Å². The van der Waals surface area contributed by atoms with E-state index >= 15 is 0 Å². The van der Waals surface area contributed by atoms with Crippen molar-refractivity contribution < 1.29 is 22.7 Å². The van der Waals surface area contributed by atoms with E-state index in [9.17, 15) is 8.78 Å². The predicted octanol–water partition coefficient (Wildman–Crippen LogP) is 4.62. The molecule has 3 nitrogen and oxygen atoms in total. The third-order valence-corrected chi connectivity index (χ3v) is 8.10. The van der Waals surface area contributed by atoms with Crippen molar-refractivity contribution in [1.29, 1.82) is 0 Å². The van der Waals surface area contributed by atoms with Crippen LogP contribution in [0.15, 0.2) is 12.1 Å². The Labute approximate surface area is 119 Å². The first kappa shape index (κ1) is 15.1. The summed E-state index contributed by atoms with van der Waals surface area (Å²) in [5, 5.41) is -0.0194. The smallest absolute Gasteiger partial charge is 0.404 e. The molecule has 1 aromatic rings. The van der Waals surface area contributed by atoms with Gasteiger partial charge < -0.3 is 13.9 Å². The van der Waals surface area contributed by atoms with Crippen LogP contribution >= 0.6 is 0 Å². The second-order valence-corrected chi connectivity index (χ2v) is 11.4. The summed E-state index contributed by atoms with van der Waals surface area (Å²) in [6.07, 6.45) is 0. The third-order valence-electron chi connectivity index (χ3n) is 3.74. The maximum absolute atomic E-state index is 13.9. The minimum absolute atomic E-state index is 0.0194. The lowest BCUT2D eigenvalue weighted by Crippen LogP contribution is -2.43. The Morgan fingerprint density at radius 3 is 2.35 bits per heavy atom. The highest BCUT2D eigenvalue weighted by Crippen LogP contribution is 2.45. The van der Waals surface area contributed by atoms with Crippen LogP contribution in [0.25, 0.3) is 0 Å². The first-order chi connectivity index (χ1) is 8.91. The summed E-state index contributed by atoms with van der Waals surface area (Å²) in [6, 6.07) is 0.354. The topological polar surface area (TPSA) is 27.7 Å². The van der Waals surface area contributed by atoms with Gasteiger partial charge in [0, 0.05) is 19.1 Å². The minimum atomic E-state index is -2.33. The fraction of sp³-hybridized carbons (Fsp3) is 0.571. The fourth-order valence-corrected chi connectivity index (χ4v) is 2.64. The van der Waals surface area contributed by atoms with Crippen LogP contribution in [-0.4, -0.2) is 14.4 Å². The zero-order valence-electron chi connectivity index (χ0n) is 12.6. The average Bonchev–Trinajstić information content (AvgIpc) is 2.50. The van der Waals surface area contributed by atoms with Gasteiger partial charge in [0.1, 0.15) is 5.75 Å². The molecule has 1 aliphatic rings. The molecule has 0 fully saturated rings. The highest BCUT2D eigenvalue weighted by molar-refractivity contribution is 6.74. The van der Waals surface area contributed by atoms with E-state index in [2.05, 4.69) is 33.9 Å². The number of hydrogen-bond donors (Lipinski definition) is 0. The maximum atomic E-state index is 13.9. The van der Waals surface area contributed by atoms with E-state index in [4.69, 9.17) is 13.9 Å². The molecular formula is C14H20F2O3Si. The van der Waals surface area contributed by atoms with Gasteiger partial charge in [-0.1, -0.05) is 20.8 Å². The first-order valence-corrected chi connectivity index (χ1v) is 9.42. The van der Waals surface area contributed by atoms with Crippen molar-refractivity contribution in [2.75, 3.05) is 0 Å². The lowest BCUT2D eigenvalue weighted by atomic mass is 10.2. The molecule has 1 atom stereocenters. The minimum Gasteiger partial charge on any atom is -0.543 e. The number of benzene rings is 1. The molecule has 6 heteroatoms. The highest BCUT2D eigenvalue weighted by atomic mass is 28.4. The molecule has 1 unspecified atom stereocenters. The molecule has 0 aliphatic carbocycles. The molecule has 1 heterocycles. The standard InChI is InChI=1S/C14H20F2O3Si/c1-13(2,3)20(5,6)19-9-7-10(15)12-11(8-9)17-14(4,16)18-12/h7-8H,1-6H3. The van der Waals surface area contributed by atoms with Crippen molar-refractivity contribution in [3.8, 4) is 17.2 Å². The molecule has 112 valence electrons. The molecule has 0 N–H and O–H groups in total. The van der Waals surface area contributed by atoms with Gasteiger partial charge in [-0.05, 0) is 18.1 Å². The molecule has 0 aromatic heterocycles. The van der Waals surface area contributed by atoms with Gasteiger partial charge in [0.25, 0.3) is 0 Å². The molecule has 2 rings (SSSR count). The largest absolute Gasteiger partial charge is 0.543 e. The summed E-state index contributed by atoms with van der Waals surface area (Å²) in [6.45, 7) is 11.4. The Kier molecular flexibility index (Phi) is 3.28. The Balaban J connectivity index is 2.32. The van der Waals surface area contributed by atoms with Crippen molar-refractivity contribution in [3.05, 3.63) is 17.9 Å². The van der Waals surface area contributed by atoms with Gasteiger partial charge in [0.15, 0.2) is 11.6 Å². The van der Waals surface area contributed by atoms with Gasteiger partial charge in [-0.15, -0.1) is 0 Å². The number of hydrogen-bond acceptors (Lipinski definition) is 3. The van der Waals surface area contributed by atoms with Crippen molar-refractivity contribution in [2.45, 2.75) is 51.9 Å². The fourth-order valence-electron chi connectivity index (χ4n) is 1.63. The molecule has 0 radical (unpaired) electrons. The zero-order valence-corrected chi connectivity index (χ0v) is 13.6. The second-order valence-electron chi connectivity index (χ2n) is 6.63. The lowest BCUT2D eigenvalue weighted by Gasteiger charge is -2.36. The number of ether oxygens (including phenoxy) is 2. The summed E-state index contributed by atoms with van der Waals surface area (Å²) in [5.41, 5.74) is 0. The van der Waals surface area contributed by atoms with Crippen LogP contribution in [0.2, 0.25) is 18.1 Å². The SMILES string of the molecule is CC1(F)Oc2cc(O[Si](C)(C)C(C)(C)C)cc(F)c2O1. The van der Waals surface area contributed by atoms with E-state index in [0.29, 0.717) is 5.75 Å². The van der Waals surface area contributed by atoms with E-state index in [1.807, 2.05) is 0 Å². The Bertz CT molecular complexity index is 536. The number of fused-ring (bicyclic) bond motifs is 1. The van der Waals surface area contributed by atoms with Crippen LogP contribution in [-0.2, 0) is 0 Å². The van der Waals surface area contributed by atoms with E-state index in [1.165, 1.54) is 12.1 Å². The van der Waals surface area contributed by atoms with Gasteiger partial charge in [-0.2, -0.15) is 4.39 Å². The number of alkyl halides is 1. The molecular weight excluding hydrogens is 282 g/mol. The van der Waals surface area contributed by atoms with Gasteiger partial charge in [-0.3, -0.25) is 0 Å².